The van der Waals surface area contributed by atoms with E-state index < -0.39 is 17.1 Å². The Morgan fingerprint density at radius 2 is 1.71 bits per heavy atom. The third kappa shape index (κ3) is 6.98. The molecule has 12 heteroatoms. The van der Waals surface area contributed by atoms with Gasteiger partial charge in [0.05, 0.1) is 18.6 Å². The molecule has 1 aliphatic carbocycles. The Bertz CT molecular complexity index is 1730. The fourth-order valence-electron chi connectivity index (χ4n) is 6.60. The maximum absolute atomic E-state index is 13.8. The lowest BCUT2D eigenvalue weighted by Crippen LogP contribution is -2.49. The van der Waals surface area contributed by atoms with Gasteiger partial charge >= 0.3 is 12.1 Å². The van der Waals surface area contributed by atoms with Gasteiger partial charge in [-0.15, -0.1) is 0 Å². The van der Waals surface area contributed by atoms with Crippen LogP contribution in [-0.4, -0.2) is 89.1 Å². The summed E-state index contributed by atoms with van der Waals surface area (Å²) in [5, 5.41) is 5.90. The van der Waals surface area contributed by atoms with Crippen LogP contribution in [0.1, 0.15) is 48.6 Å². The smallest absolute Gasteiger partial charge is 0.410 e. The van der Waals surface area contributed by atoms with Crippen molar-refractivity contribution in [2.24, 2.45) is 0 Å². The SMILES string of the molecule is CN(Cc1ccccc1CN(CC(=O)Nc1ccc2c(c1)CC1(C2)C(=O)Nc2ncccc21)C(=O)N1CCOCC1)C(=O)OC(C)(C)C. The number of hydrogen-bond acceptors (Lipinski definition) is 7. The molecule has 1 aromatic heterocycles. The van der Waals surface area contributed by atoms with Crippen molar-refractivity contribution in [1.82, 2.24) is 19.7 Å². The number of anilines is 2. The van der Waals surface area contributed by atoms with E-state index in [0.717, 1.165) is 27.8 Å². The molecule has 1 atom stereocenters. The minimum absolute atomic E-state index is 0.0622. The number of fused-ring (bicyclic) bond motifs is 3. The van der Waals surface area contributed by atoms with E-state index >= 15 is 0 Å². The molecule has 2 N–H and O–H groups in total. The average molecular weight is 655 g/mol. The molecule has 1 fully saturated rings. The van der Waals surface area contributed by atoms with Gasteiger partial charge in [0, 0.05) is 50.7 Å². The second-order valence-electron chi connectivity index (χ2n) is 13.7. The Kier molecular flexibility index (Phi) is 9.11. The van der Waals surface area contributed by atoms with Crippen LogP contribution in [0.4, 0.5) is 21.1 Å². The lowest BCUT2D eigenvalue weighted by Gasteiger charge is -2.33. The van der Waals surface area contributed by atoms with Crippen LogP contribution < -0.4 is 10.6 Å². The quantitative estimate of drug-likeness (QED) is 0.388. The third-order valence-electron chi connectivity index (χ3n) is 8.94. The minimum atomic E-state index is -0.707. The number of urea groups is 1. The van der Waals surface area contributed by atoms with Crippen LogP contribution >= 0.6 is 0 Å². The zero-order valence-electron chi connectivity index (χ0n) is 27.9. The molecule has 1 saturated heterocycles. The number of rotatable bonds is 7. The van der Waals surface area contributed by atoms with Crippen LogP contribution in [0.2, 0.25) is 0 Å². The number of morpholine rings is 1. The van der Waals surface area contributed by atoms with E-state index in [9.17, 15) is 19.2 Å². The number of carbonyl (C=O) groups excluding carboxylic acids is 4. The van der Waals surface area contributed by atoms with Gasteiger partial charge in [-0.1, -0.05) is 36.4 Å². The number of nitrogens with one attached hydrogen (secondary N) is 2. The van der Waals surface area contributed by atoms with E-state index in [-0.39, 0.29) is 37.5 Å². The largest absolute Gasteiger partial charge is 0.444 e. The summed E-state index contributed by atoms with van der Waals surface area (Å²) >= 11 is 0. The Hall–Kier alpha value is -4.97. The number of aromatic nitrogens is 1. The molecular formula is C36H42N6O6. The molecule has 2 aliphatic heterocycles. The predicted octanol–water partition coefficient (Wildman–Crippen LogP) is 4.33. The van der Waals surface area contributed by atoms with Crippen LogP contribution in [-0.2, 0) is 50.4 Å². The van der Waals surface area contributed by atoms with E-state index in [1.54, 1.807) is 18.1 Å². The Morgan fingerprint density at radius 1 is 1.00 bits per heavy atom. The molecule has 0 saturated carbocycles. The van der Waals surface area contributed by atoms with Gasteiger partial charge in [0.1, 0.15) is 18.0 Å². The number of benzene rings is 2. The van der Waals surface area contributed by atoms with Crippen LogP contribution in [0, 0.1) is 0 Å². The summed E-state index contributed by atoms with van der Waals surface area (Å²) in [5.74, 6) is 0.195. The number of nitrogens with zero attached hydrogens (tertiary/aromatic N) is 4. The second kappa shape index (κ2) is 13.3. The van der Waals surface area contributed by atoms with Crippen molar-refractivity contribution in [3.63, 3.8) is 0 Å². The average Bonchev–Trinajstić information content (AvgIpc) is 3.57. The van der Waals surface area contributed by atoms with Gasteiger partial charge in [0.25, 0.3) is 0 Å². The molecule has 12 nitrogen and oxygen atoms in total. The van der Waals surface area contributed by atoms with Crippen molar-refractivity contribution in [3.8, 4) is 0 Å². The summed E-state index contributed by atoms with van der Waals surface area (Å²) in [6, 6.07) is 16.8. The topological polar surface area (TPSA) is 133 Å². The molecule has 3 aliphatic rings. The Labute approximate surface area is 280 Å². The number of pyridine rings is 1. The molecule has 1 unspecified atom stereocenters. The van der Waals surface area contributed by atoms with Crippen molar-refractivity contribution in [2.75, 3.05) is 50.5 Å². The summed E-state index contributed by atoms with van der Waals surface area (Å²) in [5.41, 5.74) is 3.85. The number of carbonyl (C=O) groups is 4. The third-order valence-corrected chi connectivity index (χ3v) is 8.94. The molecule has 5 amide bonds. The number of hydrogen-bond donors (Lipinski definition) is 2. The molecule has 0 radical (unpaired) electrons. The summed E-state index contributed by atoms with van der Waals surface area (Å²) in [4.78, 5) is 62.2. The summed E-state index contributed by atoms with van der Waals surface area (Å²) in [7, 11) is 1.67. The van der Waals surface area contributed by atoms with Gasteiger partial charge in [-0.3, -0.25) is 9.59 Å². The summed E-state index contributed by atoms with van der Waals surface area (Å²) in [6.07, 6.45) is 2.29. The number of ether oxygens (including phenoxy) is 2. The fourth-order valence-corrected chi connectivity index (χ4v) is 6.60. The molecule has 6 rings (SSSR count). The lowest BCUT2D eigenvalue weighted by molar-refractivity contribution is -0.120. The van der Waals surface area contributed by atoms with Crippen LogP contribution in [0.3, 0.4) is 0 Å². The number of amides is 5. The van der Waals surface area contributed by atoms with Crippen LogP contribution in [0.15, 0.2) is 60.8 Å². The highest BCUT2D eigenvalue weighted by Gasteiger charge is 2.51. The second-order valence-corrected chi connectivity index (χ2v) is 13.7. The molecule has 3 heterocycles. The maximum Gasteiger partial charge on any atom is 0.410 e. The highest BCUT2D eigenvalue weighted by atomic mass is 16.6. The molecule has 252 valence electrons. The zero-order chi connectivity index (χ0) is 34.1. The normalized spacial score (nSPS) is 18.2. The van der Waals surface area contributed by atoms with Gasteiger partial charge in [-0.05, 0) is 74.1 Å². The molecule has 2 aromatic carbocycles. The molecular weight excluding hydrogens is 612 g/mol. The maximum atomic E-state index is 13.8. The highest BCUT2D eigenvalue weighted by molar-refractivity contribution is 6.06. The standard InChI is InChI=1S/C36H42N6O6/c1-35(2,3)48-34(46)40(4)21-25-8-5-6-9-26(25)22-42(33(45)41-14-16-47-17-15-41)23-30(43)38-28-12-11-24-19-36(20-27(24)18-28)29-10-7-13-37-31(29)39-32(36)44/h5-13,18H,14-17,19-23H2,1-4H3,(H,38,43)(H,37,39,44). The molecule has 0 bridgehead atoms. The monoisotopic (exact) mass is 654 g/mol. The van der Waals surface area contributed by atoms with Gasteiger partial charge in [-0.25, -0.2) is 14.6 Å². The van der Waals surface area contributed by atoms with E-state index in [4.69, 9.17) is 9.47 Å². The molecule has 1 spiro atoms. The van der Waals surface area contributed by atoms with Gasteiger partial charge in [0.15, 0.2) is 0 Å². The van der Waals surface area contributed by atoms with Gasteiger partial charge in [0.2, 0.25) is 11.8 Å². The first kappa shape index (κ1) is 33.0. The Balaban J connectivity index is 1.17. The first-order valence-corrected chi connectivity index (χ1v) is 16.2. The summed E-state index contributed by atoms with van der Waals surface area (Å²) < 4.78 is 11.0. The van der Waals surface area contributed by atoms with Crippen LogP contribution in [0.5, 0.6) is 0 Å². The van der Waals surface area contributed by atoms with Gasteiger partial charge < -0.3 is 34.8 Å². The van der Waals surface area contributed by atoms with Crippen molar-refractivity contribution in [3.05, 3.63) is 88.6 Å². The van der Waals surface area contributed by atoms with Crippen LogP contribution in [0.25, 0.3) is 0 Å². The van der Waals surface area contributed by atoms with Gasteiger partial charge in [-0.2, -0.15) is 0 Å². The van der Waals surface area contributed by atoms with Crippen molar-refractivity contribution in [2.45, 2.75) is 57.7 Å². The van der Waals surface area contributed by atoms with Crippen molar-refractivity contribution in [1.29, 1.82) is 0 Å². The lowest BCUT2D eigenvalue weighted by atomic mass is 9.79. The fraction of sp³-hybridized carbons (Fsp3) is 0.417. The van der Waals surface area contributed by atoms with E-state index in [0.29, 0.717) is 50.7 Å². The first-order valence-electron chi connectivity index (χ1n) is 16.2. The molecule has 48 heavy (non-hydrogen) atoms. The van der Waals surface area contributed by atoms with Crippen molar-refractivity contribution < 1.29 is 28.7 Å². The summed E-state index contributed by atoms with van der Waals surface area (Å²) in [6.45, 7) is 7.41. The minimum Gasteiger partial charge on any atom is -0.444 e. The Morgan fingerprint density at radius 3 is 2.44 bits per heavy atom. The van der Waals surface area contributed by atoms with Crippen molar-refractivity contribution >= 4 is 35.4 Å². The zero-order valence-corrected chi connectivity index (χ0v) is 27.9. The first-order chi connectivity index (χ1) is 22.9. The highest BCUT2D eigenvalue weighted by Crippen LogP contribution is 2.47. The molecule has 3 aromatic rings. The van der Waals surface area contributed by atoms with E-state index in [1.165, 1.54) is 9.80 Å². The van der Waals surface area contributed by atoms with E-state index in [2.05, 4.69) is 15.6 Å². The predicted molar refractivity (Wildman–Crippen MR) is 179 cm³/mol. The van der Waals surface area contributed by atoms with E-state index in [1.807, 2.05) is 75.4 Å².